The second kappa shape index (κ2) is 12.7. The van der Waals surface area contributed by atoms with Crippen LogP contribution in [0.1, 0.15) is 50.3 Å². The lowest BCUT2D eigenvalue weighted by Gasteiger charge is -2.33. The summed E-state index contributed by atoms with van der Waals surface area (Å²) in [5, 5.41) is 2.98. The van der Waals surface area contributed by atoms with E-state index in [1.54, 1.807) is 12.1 Å². The largest absolute Gasteiger partial charge is 0.352 e. The Morgan fingerprint density at radius 3 is 2.09 bits per heavy atom. The van der Waals surface area contributed by atoms with E-state index in [-0.39, 0.29) is 18.5 Å². The molecule has 2 unspecified atom stereocenters. The second-order valence-electron chi connectivity index (χ2n) is 9.18. The first-order chi connectivity index (χ1) is 16.5. The Morgan fingerprint density at radius 2 is 1.57 bits per heavy atom. The van der Waals surface area contributed by atoms with Gasteiger partial charge in [-0.15, -0.1) is 0 Å². The van der Waals surface area contributed by atoms with E-state index in [0.29, 0.717) is 25.1 Å². The number of anilines is 1. The fraction of sp³-hybridized carbons (Fsp3) is 0.481. The van der Waals surface area contributed by atoms with Crippen LogP contribution in [0.4, 0.5) is 5.69 Å². The molecule has 0 saturated heterocycles. The number of carbonyl (C=O) groups is 2. The summed E-state index contributed by atoms with van der Waals surface area (Å²) in [5.41, 5.74) is 3.29. The summed E-state index contributed by atoms with van der Waals surface area (Å²) >= 11 is 0. The molecule has 2 amide bonds. The summed E-state index contributed by atoms with van der Waals surface area (Å²) in [5.74, 6) is -0.628. The van der Waals surface area contributed by atoms with Crippen LogP contribution in [0.3, 0.4) is 0 Å². The number of amides is 2. The number of hydrogen-bond acceptors (Lipinski definition) is 4. The highest BCUT2D eigenvalue weighted by Crippen LogP contribution is 2.22. The van der Waals surface area contributed by atoms with E-state index in [4.69, 9.17) is 0 Å². The molecule has 0 bridgehead atoms. The van der Waals surface area contributed by atoms with E-state index in [1.807, 2.05) is 71.0 Å². The molecule has 0 spiro atoms. The third kappa shape index (κ3) is 8.38. The van der Waals surface area contributed by atoms with E-state index in [2.05, 4.69) is 5.32 Å². The Bertz CT molecular complexity index is 1080. The Kier molecular flexibility index (Phi) is 10.3. The van der Waals surface area contributed by atoms with Gasteiger partial charge >= 0.3 is 0 Å². The van der Waals surface area contributed by atoms with Gasteiger partial charge in [-0.1, -0.05) is 50.2 Å². The van der Waals surface area contributed by atoms with Crippen LogP contribution in [0.25, 0.3) is 0 Å². The highest BCUT2D eigenvalue weighted by molar-refractivity contribution is 7.92. The molecule has 192 valence electrons. The van der Waals surface area contributed by atoms with Crippen LogP contribution < -0.4 is 9.62 Å². The number of nitrogens with zero attached hydrogens (tertiary/aromatic N) is 2. The molecule has 35 heavy (non-hydrogen) atoms. The quantitative estimate of drug-likeness (QED) is 0.479. The van der Waals surface area contributed by atoms with Gasteiger partial charge in [-0.3, -0.25) is 13.9 Å². The van der Waals surface area contributed by atoms with Crippen molar-refractivity contribution >= 4 is 27.5 Å². The van der Waals surface area contributed by atoms with Gasteiger partial charge in [-0.25, -0.2) is 8.42 Å². The number of rotatable bonds is 12. The molecule has 2 aromatic carbocycles. The maximum atomic E-state index is 13.7. The fourth-order valence-electron chi connectivity index (χ4n) is 4.05. The maximum Gasteiger partial charge on any atom is 0.244 e. The summed E-state index contributed by atoms with van der Waals surface area (Å²) < 4.78 is 26.6. The van der Waals surface area contributed by atoms with E-state index in [0.717, 1.165) is 33.7 Å². The average molecular weight is 502 g/mol. The van der Waals surface area contributed by atoms with E-state index >= 15 is 0 Å². The molecule has 8 heteroatoms. The highest BCUT2D eigenvalue weighted by Gasteiger charge is 2.31. The first-order valence-electron chi connectivity index (χ1n) is 12.2. The van der Waals surface area contributed by atoms with E-state index in [9.17, 15) is 18.0 Å². The van der Waals surface area contributed by atoms with Crippen LogP contribution in [0, 0.1) is 13.8 Å². The van der Waals surface area contributed by atoms with Crippen LogP contribution in [0.15, 0.2) is 48.5 Å². The van der Waals surface area contributed by atoms with Crippen LogP contribution in [-0.2, 0) is 26.0 Å². The van der Waals surface area contributed by atoms with Gasteiger partial charge in [0, 0.05) is 12.6 Å². The molecule has 0 aromatic heterocycles. The highest BCUT2D eigenvalue weighted by atomic mass is 32.2. The number of aryl methyl sites for hydroxylation is 2. The molecule has 0 aliphatic heterocycles. The van der Waals surface area contributed by atoms with Gasteiger partial charge in [0.1, 0.15) is 12.6 Å². The normalized spacial score (nSPS) is 13.1. The third-order valence-electron chi connectivity index (χ3n) is 6.04. The zero-order valence-corrected chi connectivity index (χ0v) is 22.6. The van der Waals surface area contributed by atoms with Gasteiger partial charge in [0.05, 0.1) is 11.9 Å². The zero-order chi connectivity index (χ0) is 26.2. The molecule has 0 radical (unpaired) electrons. The van der Waals surface area contributed by atoms with Crippen molar-refractivity contribution in [3.8, 4) is 0 Å². The summed E-state index contributed by atoms with van der Waals surface area (Å²) in [6.45, 7) is 9.48. The lowest BCUT2D eigenvalue weighted by atomic mass is 10.1. The van der Waals surface area contributed by atoms with Gasteiger partial charge in [0.2, 0.25) is 21.8 Å². The molecular formula is C27H39N3O4S. The van der Waals surface area contributed by atoms with Gasteiger partial charge in [0.15, 0.2) is 0 Å². The van der Waals surface area contributed by atoms with Crippen LogP contribution in [0.2, 0.25) is 0 Å². The van der Waals surface area contributed by atoms with Gasteiger partial charge in [-0.05, 0) is 68.9 Å². The number of hydrogen-bond donors (Lipinski definition) is 1. The molecular weight excluding hydrogens is 462 g/mol. The van der Waals surface area contributed by atoms with Crippen molar-refractivity contribution in [3.05, 3.63) is 65.2 Å². The number of benzene rings is 2. The molecule has 0 aliphatic carbocycles. The Labute approximate surface area is 210 Å². The molecule has 2 rings (SSSR count). The zero-order valence-electron chi connectivity index (χ0n) is 21.7. The SMILES string of the molecule is CCC(C)NC(=O)C(CC)N(CCc1ccccc1)C(=O)CN(c1cc(C)cc(C)c1)S(C)(=O)=O. The van der Waals surface area contributed by atoms with Crippen molar-refractivity contribution in [1.82, 2.24) is 10.2 Å². The predicted molar refractivity (Wildman–Crippen MR) is 142 cm³/mol. The van der Waals surface area contributed by atoms with Gasteiger partial charge in [-0.2, -0.15) is 0 Å². The molecule has 0 aliphatic rings. The van der Waals surface area contributed by atoms with Crippen molar-refractivity contribution < 1.29 is 18.0 Å². The number of carbonyl (C=O) groups excluding carboxylic acids is 2. The molecule has 0 fully saturated rings. The first-order valence-corrected chi connectivity index (χ1v) is 14.0. The van der Waals surface area contributed by atoms with Crippen molar-refractivity contribution in [2.24, 2.45) is 0 Å². The molecule has 7 nitrogen and oxygen atoms in total. The van der Waals surface area contributed by atoms with Crippen molar-refractivity contribution in [2.45, 2.75) is 66.0 Å². The Balaban J connectivity index is 2.39. The van der Waals surface area contributed by atoms with Crippen LogP contribution in [0.5, 0.6) is 0 Å². The van der Waals surface area contributed by atoms with E-state index < -0.39 is 22.0 Å². The van der Waals surface area contributed by atoms with Crippen molar-refractivity contribution in [1.29, 1.82) is 0 Å². The lowest BCUT2D eigenvalue weighted by molar-refractivity contribution is -0.139. The molecule has 2 atom stereocenters. The van der Waals surface area contributed by atoms with Crippen molar-refractivity contribution in [2.75, 3.05) is 23.7 Å². The van der Waals surface area contributed by atoms with Gasteiger partial charge in [0.25, 0.3) is 0 Å². The molecule has 2 aromatic rings. The van der Waals surface area contributed by atoms with Gasteiger partial charge < -0.3 is 10.2 Å². The maximum absolute atomic E-state index is 13.7. The van der Waals surface area contributed by atoms with E-state index in [1.165, 1.54) is 4.90 Å². The minimum Gasteiger partial charge on any atom is -0.352 e. The standard InChI is InChI=1S/C27H39N3O4S/c1-7-22(5)28-27(32)25(8-2)29(15-14-23-12-10-9-11-13-23)26(31)19-30(35(6,33)34)24-17-20(3)16-21(4)18-24/h9-13,16-18,22,25H,7-8,14-15,19H2,1-6H3,(H,28,32). The topological polar surface area (TPSA) is 86.8 Å². The summed E-state index contributed by atoms with van der Waals surface area (Å²) in [4.78, 5) is 28.3. The smallest absolute Gasteiger partial charge is 0.244 e. The minimum absolute atomic E-state index is 0.0228. The monoisotopic (exact) mass is 501 g/mol. The van der Waals surface area contributed by atoms with Crippen LogP contribution in [-0.4, -0.2) is 56.6 Å². The number of nitrogens with one attached hydrogen (secondary N) is 1. The lowest BCUT2D eigenvalue weighted by Crippen LogP contribution is -2.54. The van der Waals surface area contributed by atoms with Crippen molar-refractivity contribution in [3.63, 3.8) is 0 Å². The molecule has 1 N–H and O–H groups in total. The predicted octanol–water partition coefficient (Wildman–Crippen LogP) is 3.83. The molecule has 0 saturated carbocycles. The first kappa shape index (κ1) is 28.4. The number of sulfonamides is 1. The fourth-order valence-corrected chi connectivity index (χ4v) is 4.88. The summed E-state index contributed by atoms with van der Waals surface area (Å²) in [6, 6.07) is 14.5. The summed E-state index contributed by atoms with van der Waals surface area (Å²) in [7, 11) is -3.74. The average Bonchev–Trinajstić information content (AvgIpc) is 2.78. The summed E-state index contributed by atoms with van der Waals surface area (Å²) in [6.07, 6.45) is 2.85. The Hall–Kier alpha value is -2.87. The second-order valence-corrected chi connectivity index (χ2v) is 11.1. The Morgan fingerprint density at radius 1 is 0.971 bits per heavy atom. The molecule has 0 heterocycles. The minimum atomic E-state index is -3.74. The van der Waals surface area contributed by atoms with Crippen LogP contribution >= 0.6 is 0 Å². The third-order valence-corrected chi connectivity index (χ3v) is 7.19.